The Morgan fingerprint density at radius 3 is 2.26 bits per heavy atom. The normalized spacial score (nSPS) is 11.7. The molecule has 0 unspecified atom stereocenters. The molecule has 0 bridgehead atoms. The minimum absolute atomic E-state index is 0.00521. The van der Waals surface area contributed by atoms with Crippen molar-refractivity contribution in [1.29, 1.82) is 0 Å². The molecule has 1 N–H and O–H groups in total. The summed E-state index contributed by atoms with van der Waals surface area (Å²) in [5.41, 5.74) is 0. The van der Waals surface area contributed by atoms with Crippen LogP contribution in [0.4, 0.5) is 0 Å². The lowest BCUT2D eigenvalue weighted by Gasteiger charge is -2.23. The Balaban J connectivity index is 4.50. The van der Waals surface area contributed by atoms with E-state index in [2.05, 4.69) is 10.1 Å². The van der Waals surface area contributed by atoms with Crippen LogP contribution in [0.1, 0.15) is 13.3 Å². The monoisotopic (exact) mass is 295 g/mol. The lowest BCUT2D eigenvalue weighted by Crippen LogP contribution is -2.45. The largest absolute Gasteiger partial charge is 0.469 e. The maximum Gasteiger partial charge on any atom is 0.306 e. The highest BCUT2D eigenvalue weighted by molar-refractivity contribution is 7.86. The highest BCUT2D eigenvalue weighted by Crippen LogP contribution is 2.04. The number of rotatable bonds is 8. The summed E-state index contributed by atoms with van der Waals surface area (Å²) in [6.45, 7) is 1.91. The van der Waals surface area contributed by atoms with Crippen molar-refractivity contribution in [1.82, 2.24) is 13.9 Å². The SMILES string of the molecule is CCNC(=O)CN(C)S(=O)(=O)N(C)CCC(=O)OC. The molecule has 0 spiro atoms. The number of hydrogen-bond donors (Lipinski definition) is 1. The number of amides is 1. The van der Waals surface area contributed by atoms with Crippen LogP contribution in [0.15, 0.2) is 0 Å². The smallest absolute Gasteiger partial charge is 0.306 e. The van der Waals surface area contributed by atoms with Gasteiger partial charge in [-0.05, 0) is 6.92 Å². The van der Waals surface area contributed by atoms with Gasteiger partial charge < -0.3 is 10.1 Å². The van der Waals surface area contributed by atoms with Gasteiger partial charge in [-0.3, -0.25) is 9.59 Å². The zero-order valence-corrected chi connectivity index (χ0v) is 12.5. The van der Waals surface area contributed by atoms with Gasteiger partial charge in [0.05, 0.1) is 20.1 Å². The molecule has 0 aromatic heterocycles. The lowest BCUT2D eigenvalue weighted by atomic mass is 10.4. The van der Waals surface area contributed by atoms with Crippen molar-refractivity contribution in [2.75, 3.05) is 40.8 Å². The second-order valence-corrected chi connectivity index (χ2v) is 6.01. The maximum atomic E-state index is 12.0. The molecular weight excluding hydrogens is 274 g/mol. The van der Waals surface area contributed by atoms with Crippen molar-refractivity contribution in [3.05, 3.63) is 0 Å². The number of esters is 1. The van der Waals surface area contributed by atoms with Crippen LogP contribution in [-0.4, -0.2) is 69.7 Å². The molecule has 8 nitrogen and oxygen atoms in total. The Morgan fingerprint density at radius 2 is 1.79 bits per heavy atom. The number of carbonyl (C=O) groups is 2. The molecule has 9 heteroatoms. The molecule has 0 aliphatic carbocycles. The summed E-state index contributed by atoms with van der Waals surface area (Å²) < 4.78 is 30.3. The number of likely N-dealkylation sites (N-methyl/N-ethyl adjacent to an activating group) is 2. The Labute approximate surface area is 113 Å². The fourth-order valence-corrected chi connectivity index (χ4v) is 2.32. The van der Waals surface area contributed by atoms with Crippen LogP contribution in [-0.2, 0) is 24.5 Å². The fraction of sp³-hybridized carbons (Fsp3) is 0.800. The van der Waals surface area contributed by atoms with Gasteiger partial charge in [0.15, 0.2) is 0 Å². The van der Waals surface area contributed by atoms with E-state index >= 15 is 0 Å². The van der Waals surface area contributed by atoms with E-state index < -0.39 is 16.2 Å². The third-order valence-corrected chi connectivity index (χ3v) is 4.27. The second-order valence-electron chi connectivity index (χ2n) is 3.86. The zero-order valence-electron chi connectivity index (χ0n) is 11.7. The summed E-state index contributed by atoms with van der Waals surface area (Å²) in [4.78, 5) is 22.3. The van der Waals surface area contributed by atoms with E-state index in [-0.39, 0.29) is 25.4 Å². The number of ether oxygens (including phenoxy) is 1. The van der Waals surface area contributed by atoms with E-state index in [9.17, 15) is 18.0 Å². The molecule has 0 fully saturated rings. The Kier molecular flexibility index (Phi) is 7.57. The summed E-state index contributed by atoms with van der Waals surface area (Å²) in [5.74, 6) is -0.872. The quantitative estimate of drug-likeness (QED) is 0.567. The highest BCUT2D eigenvalue weighted by atomic mass is 32.2. The molecule has 1 amide bonds. The summed E-state index contributed by atoms with van der Waals surface area (Å²) >= 11 is 0. The van der Waals surface area contributed by atoms with E-state index in [0.717, 1.165) is 8.61 Å². The molecule has 112 valence electrons. The Hall–Kier alpha value is -1.19. The van der Waals surface area contributed by atoms with E-state index in [1.807, 2.05) is 0 Å². The van der Waals surface area contributed by atoms with E-state index in [0.29, 0.717) is 6.54 Å². The van der Waals surface area contributed by atoms with Gasteiger partial charge in [-0.1, -0.05) is 0 Å². The molecule has 0 heterocycles. The molecule has 0 aliphatic rings. The topological polar surface area (TPSA) is 96.0 Å². The third-order valence-electron chi connectivity index (χ3n) is 2.39. The molecule has 0 saturated carbocycles. The molecule has 0 aliphatic heterocycles. The molecule has 0 atom stereocenters. The lowest BCUT2D eigenvalue weighted by molar-refractivity contribution is -0.140. The third kappa shape index (κ3) is 5.99. The minimum Gasteiger partial charge on any atom is -0.469 e. The van der Waals surface area contributed by atoms with E-state index in [1.54, 1.807) is 6.92 Å². The first kappa shape index (κ1) is 17.8. The molecule has 19 heavy (non-hydrogen) atoms. The van der Waals surface area contributed by atoms with Crippen molar-refractivity contribution in [2.45, 2.75) is 13.3 Å². The van der Waals surface area contributed by atoms with Crippen molar-refractivity contribution >= 4 is 22.1 Å². The number of hydrogen-bond acceptors (Lipinski definition) is 5. The van der Waals surface area contributed by atoms with Crippen molar-refractivity contribution in [3.8, 4) is 0 Å². The second kappa shape index (κ2) is 8.08. The molecule has 0 saturated heterocycles. The van der Waals surface area contributed by atoms with Gasteiger partial charge in [-0.25, -0.2) is 0 Å². The zero-order chi connectivity index (χ0) is 15.1. The number of nitrogens with one attached hydrogen (secondary N) is 1. The minimum atomic E-state index is -3.76. The number of methoxy groups -OCH3 is 1. The first-order valence-corrected chi connectivity index (χ1v) is 7.16. The van der Waals surface area contributed by atoms with Gasteiger partial charge in [0.25, 0.3) is 10.2 Å². The number of carbonyl (C=O) groups excluding carboxylic acids is 2. The first-order valence-electron chi connectivity index (χ1n) is 5.76. The van der Waals surface area contributed by atoms with Gasteiger partial charge in [0.2, 0.25) is 5.91 Å². The highest BCUT2D eigenvalue weighted by Gasteiger charge is 2.25. The first-order chi connectivity index (χ1) is 8.75. The average Bonchev–Trinajstić information content (AvgIpc) is 2.35. The average molecular weight is 295 g/mol. The van der Waals surface area contributed by atoms with Crippen molar-refractivity contribution in [2.24, 2.45) is 0 Å². The fourth-order valence-electron chi connectivity index (χ4n) is 1.24. The summed E-state index contributed by atoms with van der Waals surface area (Å²) in [7, 11) is 0.121. The van der Waals surface area contributed by atoms with Crippen LogP contribution in [0.25, 0.3) is 0 Å². The Morgan fingerprint density at radius 1 is 1.21 bits per heavy atom. The van der Waals surface area contributed by atoms with Gasteiger partial charge in [-0.15, -0.1) is 0 Å². The maximum absolute atomic E-state index is 12.0. The molecule has 0 rings (SSSR count). The van der Waals surface area contributed by atoms with Crippen LogP contribution >= 0.6 is 0 Å². The summed E-state index contributed by atoms with van der Waals surface area (Å²) in [6, 6.07) is 0. The van der Waals surface area contributed by atoms with Crippen LogP contribution in [0.3, 0.4) is 0 Å². The van der Waals surface area contributed by atoms with Crippen molar-refractivity contribution < 1.29 is 22.7 Å². The predicted molar refractivity (Wildman–Crippen MR) is 69.5 cm³/mol. The van der Waals surface area contributed by atoms with E-state index in [4.69, 9.17) is 0 Å². The van der Waals surface area contributed by atoms with Gasteiger partial charge >= 0.3 is 5.97 Å². The summed E-state index contributed by atoms with van der Waals surface area (Å²) in [5, 5.41) is 2.51. The molecular formula is C10H21N3O5S. The molecule has 0 aromatic carbocycles. The van der Waals surface area contributed by atoms with Crippen LogP contribution in [0.2, 0.25) is 0 Å². The van der Waals surface area contributed by atoms with Gasteiger partial charge in [-0.2, -0.15) is 17.0 Å². The van der Waals surface area contributed by atoms with E-state index in [1.165, 1.54) is 21.2 Å². The number of nitrogens with zero attached hydrogens (tertiary/aromatic N) is 2. The predicted octanol–water partition coefficient (Wildman–Crippen LogP) is -1.21. The molecule has 0 radical (unpaired) electrons. The van der Waals surface area contributed by atoms with Crippen molar-refractivity contribution in [3.63, 3.8) is 0 Å². The standard InChI is InChI=1S/C10H21N3O5S/c1-5-11-9(14)8-13(3)19(16,17)12(2)7-6-10(15)18-4/h5-8H2,1-4H3,(H,11,14). The molecule has 0 aromatic rings. The Bertz CT molecular complexity index is 409. The van der Waals surface area contributed by atoms with Gasteiger partial charge in [0, 0.05) is 27.2 Å². The van der Waals surface area contributed by atoms with Crippen LogP contribution < -0.4 is 5.32 Å². The summed E-state index contributed by atoms with van der Waals surface area (Å²) in [6.07, 6.45) is -0.0404. The van der Waals surface area contributed by atoms with Crippen LogP contribution in [0.5, 0.6) is 0 Å². The van der Waals surface area contributed by atoms with Crippen LogP contribution in [0, 0.1) is 0 Å². The van der Waals surface area contributed by atoms with Gasteiger partial charge in [0.1, 0.15) is 0 Å².